The van der Waals surface area contributed by atoms with Gasteiger partial charge in [0.1, 0.15) is 5.82 Å². The Morgan fingerprint density at radius 1 is 0.917 bits per heavy atom. The van der Waals surface area contributed by atoms with E-state index in [0.717, 1.165) is 24.1 Å². The van der Waals surface area contributed by atoms with Crippen molar-refractivity contribution >= 4 is 10.8 Å². The highest BCUT2D eigenvalue weighted by Gasteiger charge is 2.24. The number of alkyl halides is 2. The van der Waals surface area contributed by atoms with Gasteiger partial charge in [-0.1, -0.05) is 50.5 Å². The van der Waals surface area contributed by atoms with E-state index in [9.17, 15) is 17.6 Å². The normalized spacial score (nSPS) is 18.2. The minimum Gasteiger partial charge on any atom is -0.429 e. The molecule has 0 spiro atoms. The molecule has 0 aromatic heterocycles. The van der Waals surface area contributed by atoms with Gasteiger partial charge in [0.15, 0.2) is 23.7 Å². The van der Waals surface area contributed by atoms with Crippen molar-refractivity contribution in [1.82, 2.24) is 0 Å². The second-order valence-electron chi connectivity index (χ2n) is 9.15. The van der Waals surface area contributed by atoms with Crippen LogP contribution in [0.3, 0.4) is 0 Å². The molecule has 1 fully saturated rings. The average molecular weight is 509 g/mol. The molecular weight excluding hydrogens is 479 g/mol. The van der Waals surface area contributed by atoms with E-state index in [-0.39, 0.29) is 18.4 Å². The Morgan fingerprint density at radius 2 is 1.64 bits per heavy atom. The largest absolute Gasteiger partial charge is 0.429 e. The highest BCUT2D eigenvalue weighted by atomic mass is 19.3. The standard InChI is InChI=1S/C28H29F5O3/c1-2-3-4-5-18-15-34-27(35-16-18)21-10-11-22-20(14-21)9-8-19(25(22)31)7-6-17-12-23(29)26(24(30)13-17)36-28(32)33/h8-14,18,27-28H,2-7,15-16H2,1H3. The molecule has 0 radical (unpaired) electrons. The van der Waals surface area contributed by atoms with Crippen LogP contribution in [0.2, 0.25) is 0 Å². The van der Waals surface area contributed by atoms with E-state index in [1.165, 1.54) is 19.3 Å². The number of aryl methyl sites for hydroxylation is 2. The monoisotopic (exact) mass is 508 g/mol. The number of fused-ring (bicyclic) bond motifs is 1. The van der Waals surface area contributed by atoms with Crippen molar-refractivity contribution in [2.75, 3.05) is 13.2 Å². The van der Waals surface area contributed by atoms with Gasteiger partial charge in [-0.3, -0.25) is 0 Å². The lowest BCUT2D eigenvalue weighted by molar-refractivity contribution is -0.206. The van der Waals surface area contributed by atoms with E-state index in [1.807, 2.05) is 6.07 Å². The van der Waals surface area contributed by atoms with Crippen LogP contribution in [0.1, 0.15) is 55.6 Å². The van der Waals surface area contributed by atoms with Crippen LogP contribution in [0.5, 0.6) is 5.75 Å². The van der Waals surface area contributed by atoms with Crippen molar-refractivity contribution in [1.29, 1.82) is 0 Å². The Morgan fingerprint density at radius 3 is 2.31 bits per heavy atom. The van der Waals surface area contributed by atoms with Crippen molar-refractivity contribution in [3.8, 4) is 5.75 Å². The molecule has 0 N–H and O–H groups in total. The van der Waals surface area contributed by atoms with Gasteiger partial charge < -0.3 is 14.2 Å². The molecule has 0 unspecified atom stereocenters. The maximum Gasteiger partial charge on any atom is 0.387 e. The van der Waals surface area contributed by atoms with E-state index in [4.69, 9.17) is 9.47 Å². The van der Waals surface area contributed by atoms with Crippen LogP contribution in [-0.4, -0.2) is 19.8 Å². The molecular formula is C28H29F5O3. The molecule has 194 valence electrons. The molecule has 36 heavy (non-hydrogen) atoms. The summed E-state index contributed by atoms with van der Waals surface area (Å²) in [6.07, 6.45) is 4.43. The zero-order chi connectivity index (χ0) is 25.7. The number of rotatable bonds is 10. The van der Waals surface area contributed by atoms with Crippen molar-refractivity contribution in [2.24, 2.45) is 5.92 Å². The van der Waals surface area contributed by atoms with E-state index in [2.05, 4.69) is 11.7 Å². The minimum atomic E-state index is -3.34. The molecule has 0 atom stereocenters. The summed E-state index contributed by atoms with van der Waals surface area (Å²) in [7, 11) is 0. The summed E-state index contributed by atoms with van der Waals surface area (Å²) in [5, 5.41) is 1.11. The highest BCUT2D eigenvalue weighted by molar-refractivity contribution is 5.84. The van der Waals surface area contributed by atoms with Gasteiger partial charge in [-0.25, -0.2) is 13.2 Å². The first-order chi connectivity index (χ1) is 17.4. The van der Waals surface area contributed by atoms with Gasteiger partial charge in [0, 0.05) is 16.9 Å². The predicted octanol–water partition coefficient (Wildman–Crippen LogP) is 7.89. The van der Waals surface area contributed by atoms with Crippen LogP contribution in [0.4, 0.5) is 22.0 Å². The Labute approximate surface area is 207 Å². The van der Waals surface area contributed by atoms with Crippen LogP contribution >= 0.6 is 0 Å². The summed E-state index contributed by atoms with van der Waals surface area (Å²) < 4.78 is 83.5. The van der Waals surface area contributed by atoms with Gasteiger partial charge in [0.25, 0.3) is 0 Å². The predicted molar refractivity (Wildman–Crippen MR) is 127 cm³/mol. The Kier molecular flexibility index (Phi) is 8.80. The fourth-order valence-electron chi connectivity index (χ4n) is 4.52. The van der Waals surface area contributed by atoms with Crippen molar-refractivity contribution in [2.45, 2.75) is 58.4 Å². The molecule has 1 aliphatic heterocycles. The third-order valence-corrected chi connectivity index (χ3v) is 6.46. The first-order valence-electron chi connectivity index (χ1n) is 12.2. The molecule has 1 heterocycles. The van der Waals surface area contributed by atoms with E-state index >= 15 is 4.39 Å². The number of hydrogen-bond acceptors (Lipinski definition) is 3. The maximum atomic E-state index is 15.2. The molecule has 0 bridgehead atoms. The molecule has 1 saturated heterocycles. The van der Waals surface area contributed by atoms with Gasteiger partial charge in [0.05, 0.1) is 13.2 Å². The molecule has 3 nitrogen and oxygen atoms in total. The Balaban J connectivity index is 1.41. The molecule has 0 amide bonds. The Bertz CT molecular complexity index is 1150. The minimum absolute atomic E-state index is 0.118. The lowest BCUT2D eigenvalue weighted by Gasteiger charge is -2.29. The fraction of sp³-hybridized carbons (Fsp3) is 0.429. The molecule has 8 heteroatoms. The van der Waals surface area contributed by atoms with E-state index in [0.29, 0.717) is 35.5 Å². The number of hydrogen-bond donors (Lipinski definition) is 0. The zero-order valence-electron chi connectivity index (χ0n) is 20.0. The lowest BCUT2D eigenvalue weighted by Crippen LogP contribution is -2.27. The van der Waals surface area contributed by atoms with Crippen LogP contribution in [0.15, 0.2) is 42.5 Å². The number of unbranched alkanes of at least 4 members (excludes halogenated alkanes) is 2. The smallest absolute Gasteiger partial charge is 0.387 e. The van der Waals surface area contributed by atoms with Crippen molar-refractivity contribution in [3.05, 3.63) is 76.6 Å². The summed E-state index contributed by atoms with van der Waals surface area (Å²) in [4.78, 5) is 0. The number of halogens is 5. The molecule has 3 aromatic carbocycles. The molecule has 0 aliphatic carbocycles. The summed E-state index contributed by atoms with van der Waals surface area (Å²) in [6.45, 7) is 0.106. The quantitative estimate of drug-likeness (QED) is 0.206. The third-order valence-electron chi connectivity index (χ3n) is 6.46. The summed E-state index contributed by atoms with van der Waals surface area (Å²) >= 11 is 0. The average Bonchev–Trinajstić information content (AvgIpc) is 2.86. The first kappa shape index (κ1) is 26.4. The molecule has 3 aromatic rings. The second-order valence-corrected chi connectivity index (χ2v) is 9.15. The lowest BCUT2D eigenvalue weighted by atomic mass is 9.98. The van der Waals surface area contributed by atoms with Crippen LogP contribution in [0, 0.1) is 23.4 Å². The fourth-order valence-corrected chi connectivity index (χ4v) is 4.52. The van der Waals surface area contributed by atoms with Gasteiger partial charge in [-0.2, -0.15) is 8.78 Å². The Hall–Kier alpha value is -2.71. The molecule has 1 aliphatic rings. The second kappa shape index (κ2) is 12.0. The van der Waals surface area contributed by atoms with Gasteiger partial charge in [0.2, 0.25) is 0 Å². The highest BCUT2D eigenvalue weighted by Crippen LogP contribution is 2.31. The third kappa shape index (κ3) is 6.34. The number of benzene rings is 3. The number of ether oxygens (including phenoxy) is 3. The summed E-state index contributed by atoms with van der Waals surface area (Å²) in [5.74, 6) is -3.60. The van der Waals surface area contributed by atoms with Crippen LogP contribution in [-0.2, 0) is 22.3 Å². The first-order valence-corrected chi connectivity index (χ1v) is 12.2. The van der Waals surface area contributed by atoms with Crippen LogP contribution < -0.4 is 4.74 Å². The SMILES string of the molecule is CCCCCC1COC(c2ccc3c(F)c(CCc4cc(F)c(OC(F)F)c(F)c4)ccc3c2)OC1. The van der Waals surface area contributed by atoms with Gasteiger partial charge >= 0.3 is 6.61 Å². The maximum absolute atomic E-state index is 15.2. The van der Waals surface area contributed by atoms with E-state index < -0.39 is 36.1 Å². The van der Waals surface area contributed by atoms with Crippen molar-refractivity contribution < 1.29 is 36.2 Å². The molecule has 4 rings (SSSR count). The van der Waals surface area contributed by atoms with Gasteiger partial charge in [-0.05, 0) is 54.0 Å². The zero-order valence-corrected chi connectivity index (χ0v) is 20.0. The van der Waals surface area contributed by atoms with Crippen LogP contribution in [0.25, 0.3) is 10.8 Å². The van der Waals surface area contributed by atoms with Gasteiger partial charge in [-0.15, -0.1) is 0 Å². The van der Waals surface area contributed by atoms with E-state index in [1.54, 1.807) is 24.3 Å². The molecule has 0 saturated carbocycles. The summed E-state index contributed by atoms with van der Waals surface area (Å²) in [6, 6.07) is 10.6. The van der Waals surface area contributed by atoms with Crippen molar-refractivity contribution in [3.63, 3.8) is 0 Å². The topological polar surface area (TPSA) is 27.7 Å². The summed E-state index contributed by atoms with van der Waals surface area (Å²) in [5.41, 5.74) is 1.41.